The Morgan fingerprint density at radius 3 is 2.56 bits per heavy atom. The zero-order valence-corrected chi connectivity index (χ0v) is 21.9. The van der Waals surface area contributed by atoms with Crippen LogP contribution in [0.25, 0.3) is 6.08 Å². The highest BCUT2D eigenvalue weighted by Crippen LogP contribution is 2.40. The first-order valence-electron chi connectivity index (χ1n) is 10.2. The number of rotatable bonds is 8. The zero-order valence-electron chi connectivity index (χ0n) is 18.0. The van der Waals surface area contributed by atoms with E-state index < -0.39 is 0 Å². The molecule has 1 fully saturated rings. The molecule has 32 heavy (non-hydrogen) atoms. The zero-order chi connectivity index (χ0) is 23.3. The molecule has 9 heteroatoms. The number of carbonyl (C=O) groups excluding carboxylic acids is 1. The highest BCUT2D eigenvalue weighted by atomic mass is 79.9. The van der Waals surface area contributed by atoms with E-state index in [1.165, 1.54) is 11.8 Å². The number of aliphatic imine (C=N–C) groups is 1. The average Bonchev–Trinajstić information content (AvgIpc) is 3.04. The van der Waals surface area contributed by atoms with E-state index in [1.807, 2.05) is 45.0 Å². The van der Waals surface area contributed by atoms with Crippen molar-refractivity contribution >= 4 is 68.0 Å². The predicted octanol–water partition coefficient (Wildman–Crippen LogP) is 7.05. The van der Waals surface area contributed by atoms with Crippen molar-refractivity contribution in [3.63, 3.8) is 0 Å². The number of likely N-dealkylation sites (N-methyl/N-ethyl adjacent to an activating group) is 1. The summed E-state index contributed by atoms with van der Waals surface area (Å²) in [6.07, 6.45) is 1.85. The van der Waals surface area contributed by atoms with Gasteiger partial charge in [-0.25, -0.2) is 0 Å². The molecular formula is C23H23BrCl2N2O3S. The number of ether oxygens (including phenoxy) is 2. The molecule has 0 aliphatic carbocycles. The number of amides is 1. The number of benzene rings is 2. The summed E-state index contributed by atoms with van der Waals surface area (Å²) in [5.74, 6) is 1.12. The van der Waals surface area contributed by atoms with Gasteiger partial charge in [-0.15, -0.1) is 0 Å². The van der Waals surface area contributed by atoms with Gasteiger partial charge in [-0.3, -0.25) is 14.7 Å². The minimum absolute atomic E-state index is 0.0428. The molecule has 1 saturated heterocycles. The fourth-order valence-electron chi connectivity index (χ4n) is 3.05. The Bertz CT molecular complexity index is 1080. The van der Waals surface area contributed by atoms with E-state index in [4.69, 9.17) is 32.7 Å². The third-order valence-corrected chi connectivity index (χ3v) is 6.87. The van der Waals surface area contributed by atoms with Gasteiger partial charge in [-0.05, 0) is 89.9 Å². The Kier molecular flexibility index (Phi) is 8.94. The molecule has 2 aromatic rings. The molecule has 1 aliphatic rings. The Hall–Kier alpha value is -1.67. The van der Waals surface area contributed by atoms with Crippen molar-refractivity contribution in [1.29, 1.82) is 0 Å². The van der Waals surface area contributed by atoms with E-state index in [2.05, 4.69) is 20.9 Å². The van der Waals surface area contributed by atoms with Crippen LogP contribution in [0.3, 0.4) is 0 Å². The Balaban J connectivity index is 1.88. The number of halogens is 3. The molecule has 1 amide bonds. The van der Waals surface area contributed by atoms with Crippen LogP contribution in [0.15, 0.2) is 44.7 Å². The van der Waals surface area contributed by atoms with Crippen LogP contribution in [0.2, 0.25) is 10.0 Å². The van der Waals surface area contributed by atoms with Crippen molar-refractivity contribution in [2.24, 2.45) is 4.99 Å². The number of carbonyl (C=O) groups is 1. The minimum Gasteiger partial charge on any atom is -0.490 e. The van der Waals surface area contributed by atoms with Gasteiger partial charge in [0.25, 0.3) is 5.91 Å². The van der Waals surface area contributed by atoms with E-state index in [0.717, 1.165) is 20.8 Å². The summed E-state index contributed by atoms with van der Waals surface area (Å²) >= 11 is 17.1. The molecule has 0 N–H and O–H groups in total. The monoisotopic (exact) mass is 556 g/mol. The van der Waals surface area contributed by atoms with Crippen LogP contribution in [0.4, 0.5) is 0 Å². The molecule has 1 heterocycles. The van der Waals surface area contributed by atoms with Gasteiger partial charge in [0.05, 0.1) is 26.0 Å². The highest BCUT2D eigenvalue weighted by Gasteiger charge is 2.32. The number of thioether (sulfide) groups is 1. The van der Waals surface area contributed by atoms with E-state index >= 15 is 0 Å². The molecule has 0 unspecified atom stereocenters. The number of amidine groups is 1. The lowest BCUT2D eigenvalue weighted by Crippen LogP contribution is -2.28. The first-order valence-corrected chi connectivity index (χ1v) is 12.5. The van der Waals surface area contributed by atoms with Gasteiger partial charge in [-0.2, -0.15) is 0 Å². The molecule has 170 valence electrons. The topological polar surface area (TPSA) is 51.1 Å². The lowest BCUT2D eigenvalue weighted by atomic mass is 10.1. The second kappa shape index (κ2) is 11.5. The van der Waals surface area contributed by atoms with Gasteiger partial charge >= 0.3 is 0 Å². The fourth-order valence-corrected chi connectivity index (χ4v) is 5.05. The van der Waals surface area contributed by atoms with Crippen molar-refractivity contribution in [3.8, 4) is 11.5 Å². The second-order valence-electron chi connectivity index (χ2n) is 6.72. The summed E-state index contributed by atoms with van der Waals surface area (Å²) in [5.41, 5.74) is 1.71. The summed E-state index contributed by atoms with van der Waals surface area (Å²) in [7, 11) is 0. The van der Waals surface area contributed by atoms with Crippen LogP contribution in [-0.2, 0) is 11.4 Å². The largest absolute Gasteiger partial charge is 0.490 e. The Morgan fingerprint density at radius 2 is 1.91 bits per heavy atom. The molecule has 1 aliphatic heterocycles. The summed E-state index contributed by atoms with van der Waals surface area (Å²) in [4.78, 5) is 19.5. The van der Waals surface area contributed by atoms with Crippen molar-refractivity contribution in [2.45, 2.75) is 27.4 Å². The van der Waals surface area contributed by atoms with Crippen LogP contribution in [0.1, 0.15) is 31.9 Å². The third kappa shape index (κ3) is 5.81. The maximum absolute atomic E-state index is 12.8. The lowest BCUT2D eigenvalue weighted by Gasteiger charge is -2.15. The van der Waals surface area contributed by atoms with E-state index in [-0.39, 0.29) is 5.91 Å². The van der Waals surface area contributed by atoms with Crippen molar-refractivity contribution in [3.05, 3.63) is 60.9 Å². The molecule has 0 atom stereocenters. The van der Waals surface area contributed by atoms with Gasteiger partial charge in [0.2, 0.25) is 0 Å². The lowest BCUT2D eigenvalue weighted by molar-refractivity contribution is -0.122. The highest BCUT2D eigenvalue weighted by molar-refractivity contribution is 9.10. The van der Waals surface area contributed by atoms with Gasteiger partial charge in [-0.1, -0.05) is 29.3 Å². The van der Waals surface area contributed by atoms with Crippen molar-refractivity contribution < 1.29 is 14.3 Å². The number of hydrogen-bond donors (Lipinski definition) is 0. The quantitative estimate of drug-likeness (QED) is 0.326. The average molecular weight is 558 g/mol. The Morgan fingerprint density at radius 1 is 1.12 bits per heavy atom. The summed E-state index contributed by atoms with van der Waals surface area (Å²) < 4.78 is 12.6. The molecule has 2 aromatic carbocycles. The first kappa shape index (κ1) is 25.0. The van der Waals surface area contributed by atoms with Gasteiger partial charge < -0.3 is 9.47 Å². The molecule has 5 nitrogen and oxygen atoms in total. The fraction of sp³-hybridized carbons (Fsp3) is 0.304. The van der Waals surface area contributed by atoms with Gasteiger partial charge in [0.1, 0.15) is 6.61 Å². The Labute approximate surface area is 210 Å². The predicted molar refractivity (Wildman–Crippen MR) is 137 cm³/mol. The summed E-state index contributed by atoms with van der Waals surface area (Å²) in [6, 6.07) is 9.14. The van der Waals surface area contributed by atoms with E-state index in [0.29, 0.717) is 52.8 Å². The molecule has 0 radical (unpaired) electrons. The van der Waals surface area contributed by atoms with Crippen LogP contribution in [0.5, 0.6) is 11.5 Å². The molecule has 0 spiro atoms. The maximum Gasteiger partial charge on any atom is 0.266 e. The number of nitrogens with zero attached hydrogens (tertiary/aromatic N) is 2. The van der Waals surface area contributed by atoms with Crippen LogP contribution < -0.4 is 9.47 Å². The smallest absolute Gasteiger partial charge is 0.266 e. The van der Waals surface area contributed by atoms with Crippen LogP contribution >= 0.6 is 50.9 Å². The summed E-state index contributed by atoms with van der Waals surface area (Å²) in [6.45, 7) is 7.78. The van der Waals surface area contributed by atoms with E-state index in [1.54, 1.807) is 17.0 Å². The van der Waals surface area contributed by atoms with E-state index in [9.17, 15) is 4.79 Å². The third-order valence-electron chi connectivity index (χ3n) is 4.49. The van der Waals surface area contributed by atoms with Crippen LogP contribution in [0, 0.1) is 0 Å². The molecule has 3 rings (SSSR count). The number of hydrogen-bond acceptors (Lipinski definition) is 5. The van der Waals surface area contributed by atoms with Gasteiger partial charge in [0.15, 0.2) is 16.7 Å². The molecule has 0 saturated carbocycles. The SMILES string of the molecule is CCN=C1S/C(=C\c2cc(Br)c(OCc3ccc(Cl)c(Cl)c3)c(OCC)c2)C(=O)N1CC. The summed E-state index contributed by atoms with van der Waals surface area (Å²) in [5, 5.41) is 1.71. The van der Waals surface area contributed by atoms with Crippen molar-refractivity contribution in [1.82, 2.24) is 4.90 Å². The molecule has 0 aromatic heterocycles. The molecule has 0 bridgehead atoms. The van der Waals surface area contributed by atoms with Crippen molar-refractivity contribution in [2.75, 3.05) is 19.7 Å². The first-order chi connectivity index (χ1) is 15.4. The van der Waals surface area contributed by atoms with Crippen LogP contribution in [-0.4, -0.2) is 35.7 Å². The standard InChI is InChI=1S/C23H23BrCl2N2O3S/c1-4-27-23-28(5-2)22(29)20(32-23)12-15-9-16(24)21(19(11-15)30-6-3)31-13-14-7-8-17(25)18(26)10-14/h7-12H,4-6,13H2,1-3H3/b20-12-,27-23?. The molecular weight excluding hydrogens is 535 g/mol. The van der Waals surface area contributed by atoms with Gasteiger partial charge in [0, 0.05) is 13.1 Å². The minimum atomic E-state index is -0.0428. The second-order valence-corrected chi connectivity index (χ2v) is 9.39. The normalized spacial score (nSPS) is 16.3. The maximum atomic E-state index is 12.8.